The van der Waals surface area contributed by atoms with E-state index < -0.39 is 11.9 Å². The summed E-state index contributed by atoms with van der Waals surface area (Å²) >= 11 is 0. The average molecular weight is 241 g/mol. The van der Waals surface area contributed by atoms with E-state index in [0.29, 0.717) is 6.42 Å². The maximum absolute atomic E-state index is 11.4. The minimum atomic E-state index is -0.803. The van der Waals surface area contributed by atoms with Gasteiger partial charge in [-0.3, -0.25) is 9.78 Å². The fourth-order valence-electron chi connectivity index (χ4n) is 2.00. The molecule has 0 spiro atoms. The number of hydrogen-bond donors (Lipinski definition) is 1. The van der Waals surface area contributed by atoms with Crippen molar-refractivity contribution in [2.45, 2.75) is 19.3 Å². The molecule has 0 amide bonds. The molecular formula is C15H15NO2. The van der Waals surface area contributed by atoms with Gasteiger partial charge in [-0.15, -0.1) is 0 Å². The Morgan fingerprint density at radius 1 is 1.28 bits per heavy atom. The lowest BCUT2D eigenvalue weighted by Crippen LogP contribution is -2.14. The predicted octanol–water partition coefficient (Wildman–Crippen LogP) is 2.80. The second-order valence-electron chi connectivity index (χ2n) is 4.38. The van der Waals surface area contributed by atoms with Crippen LogP contribution >= 0.6 is 0 Å². The van der Waals surface area contributed by atoms with Gasteiger partial charge in [0.2, 0.25) is 0 Å². The quantitative estimate of drug-likeness (QED) is 0.895. The molecule has 0 saturated heterocycles. The Bertz CT molecular complexity index is 537. The summed E-state index contributed by atoms with van der Waals surface area (Å²) in [6.07, 6.45) is 3.96. The number of benzene rings is 1. The molecule has 1 N–H and O–H groups in total. The first-order valence-corrected chi connectivity index (χ1v) is 5.85. The van der Waals surface area contributed by atoms with E-state index in [0.717, 1.165) is 16.7 Å². The van der Waals surface area contributed by atoms with Crippen LogP contribution < -0.4 is 0 Å². The Morgan fingerprint density at radius 2 is 2.00 bits per heavy atom. The van der Waals surface area contributed by atoms with Gasteiger partial charge in [0.1, 0.15) is 0 Å². The summed E-state index contributed by atoms with van der Waals surface area (Å²) in [7, 11) is 0. The first kappa shape index (κ1) is 12.3. The third-order valence-corrected chi connectivity index (χ3v) is 2.87. The number of carboxylic acids is 1. The smallest absolute Gasteiger partial charge is 0.311 e. The summed E-state index contributed by atoms with van der Waals surface area (Å²) in [5.41, 5.74) is 2.82. The Balaban J connectivity index is 2.25. The number of aromatic nitrogens is 1. The predicted molar refractivity (Wildman–Crippen MR) is 69.5 cm³/mol. The molecule has 0 bridgehead atoms. The maximum atomic E-state index is 11.4. The van der Waals surface area contributed by atoms with Gasteiger partial charge >= 0.3 is 5.97 Å². The van der Waals surface area contributed by atoms with Crippen LogP contribution in [0.4, 0.5) is 0 Å². The SMILES string of the molecule is Cc1cncc(CC(C(=O)O)c2ccccc2)c1. The van der Waals surface area contributed by atoms with Crippen molar-refractivity contribution in [1.29, 1.82) is 0 Å². The van der Waals surface area contributed by atoms with Gasteiger partial charge in [0, 0.05) is 12.4 Å². The summed E-state index contributed by atoms with van der Waals surface area (Å²) in [5, 5.41) is 9.34. The zero-order chi connectivity index (χ0) is 13.0. The van der Waals surface area contributed by atoms with E-state index in [1.54, 1.807) is 12.4 Å². The second kappa shape index (κ2) is 5.45. The molecule has 2 rings (SSSR count). The van der Waals surface area contributed by atoms with E-state index in [-0.39, 0.29) is 0 Å². The largest absolute Gasteiger partial charge is 0.481 e. The van der Waals surface area contributed by atoms with Crippen LogP contribution in [0.5, 0.6) is 0 Å². The van der Waals surface area contributed by atoms with E-state index in [1.165, 1.54) is 0 Å². The zero-order valence-corrected chi connectivity index (χ0v) is 10.2. The summed E-state index contributed by atoms with van der Waals surface area (Å²) in [6.45, 7) is 1.95. The number of aryl methyl sites for hydroxylation is 1. The molecule has 0 aliphatic rings. The van der Waals surface area contributed by atoms with Crippen molar-refractivity contribution < 1.29 is 9.90 Å². The molecule has 18 heavy (non-hydrogen) atoms. The molecule has 0 saturated carbocycles. The van der Waals surface area contributed by atoms with E-state index in [2.05, 4.69) is 4.98 Å². The number of rotatable bonds is 4. The molecule has 0 fully saturated rings. The summed E-state index contributed by atoms with van der Waals surface area (Å²) in [5.74, 6) is -1.32. The van der Waals surface area contributed by atoms with Gasteiger partial charge in [-0.1, -0.05) is 36.4 Å². The normalized spacial score (nSPS) is 12.1. The van der Waals surface area contributed by atoms with Crippen molar-refractivity contribution in [2.75, 3.05) is 0 Å². The molecular weight excluding hydrogens is 226 g/mol. The third-order valence-electron chi connectivity index (χ3n) is 2.87. The van der Waals surface area contributed by atoms with Crippen LogP contribution in [0.3, 0.4) is 0 Å². The van der Waals surface area contributed by atoms with Crippen LogP contribution in [0.1, 0.15) is 22.6 Å². The monoisotopic (exact) mass is 241 g/mol. The summed E-state index contributed by atoms with van der Waals surface area (Å²) in [4.78, 5) is 15.5. The highest BCUT2D eigenvalue weighted by Crippen LogP contribution is 2.21. The van der Waals surface area contributed by atoms with Crippen LogP contribution in [-0.2, 0) is 11.2 Å². The summed E-state index contributed by atoms with van der Waals surface area (Å²) < 4.78 is 0. The number of carboxylic acid groups (broad SMARTS) is 1. The van der Waals surface area contributed by atoms with E-state index in [4.69, 9.17) is 0 Å². The molecule has 0 radical (unpaired) electrons. The Labute approximate surface area is 106 Å². The zero-order valence-electron chi connectivity index (χ0n) is 10.2. The molecule has 92 valence electrons. The number of pyridine rings is 1. The van der Waals surface area contributed by atoms with Gasteiger partial charge in [-0.05, 0) is 30.0 Å². The standard InChI is InChI=1S/C15H15NO2/c1-11-7-12(10-16-9-11)8-14(15(17)18)13-5-3-2-4-6-13/h2-7,9-10,14H,8H2,1H3,(H,17,18). The number of nitrogens with zero attached hydrogens (tertiary/aromatic N) is 1. The fraction of sp³-hybridized carbons (Fsp3) is 0.200. The average Bonchev–Trinajstić information content (AvgIpc) is 2.37. The highest BCUT2D eigenvalue weighted by molar-refractivity contribution is 5.76. The Kier molecular flexibility index (Phi) is 3.72. The van der Waals surface area contributed by atoms with Crippen LogP contribution in [0, 0.1) is 6.92 Å². The molecule has 0 aliphatic heterocycles. The minimum Gasteiger partial charge on any atom is -0.481 e. The lowest BCUT2D eigenvalue weighted by Gasteiger charge is -2.12. The topological polar surface area (TPSA) is 50.2 Å². The molecule has 1 heterocycles. The minimum absolute atomic E-state index is 0.466. The van der Waals surface area contributed by atoms with Crippen molar-refractivity contribution in [1.82, 2.24) is 4.98 Å². The van der Waals surface area contributed by atoms with Crippen molar-refractivity contribution in [3.63, 3.8) is 0 Å². The Hall–Kier alpha value is -2.16. The number of aliphatic carboxylic acids is 1. The molecule has 2 aromatic rings. The van der Waals surface area contributed by atoms with E-state index in [1.807, 2.05) is 43.3 Å². The molecule has 1 aromatic carbocycles. The maximum Gasteiger partial charge on any atom is 0.311 e. The van der Waals surface area contributed by atoms with Crippen molar-refractivity contribution >= 4 is 5.97 Å². The molecule has 3 heteroatoms. The van der Waals surface area contributed by atoms with Gasteiger partial charge in [-0.25, -0.2) is 0 Å². The van der Waals surface area contributed by atoms with Crippen LogP contribution in [0.15, 0.2) is 48.8 Å². The first-order chi connectivity index (χ1) is 8.66. The molecule has 0 aliphatic carbocycles. The molecule has 1 atom stereocenters. The van der Waals surface area contributed by atoms with Gasteiger partial charge in [0.25, 0.3) is 0 Å². The highest BCUT2D eigenvalue weighted by Gasteiger charge is 2.20. The lowest BCUT2D eigenvalue weighted by atomic mass is 9.92. The molecule has 1 unspecified atom stereocenters. The van der Waals surface area contributed by atoms with Gasteiger partial charge in [-0.2, -0.15) is 0 Å². The van der Waals surface area contributed by atoms with Gasteiger partial charge < -0.3 is 5.11 Å². The second-order valence-corrected chi connectivity index (χ2v) is 4.38. The van der Waals surface area contributed by atoms with Crippen molar-refractivity contribution in [2.24, 2.45) is 0 Å². The van der Waals surface area contributed by atoms with Gasteiger partial charge in [0.15, 0.2) is 0 Å². The van der Waals surface area contributed by atoms with Crippen LogP contribution in [0.25, 0.3) is 0 Å². The van der Waals surface area contributed by atoms with Crippen molar-refractivity contribution in [3.8, 4) is 0 Å². The van der Waals surface area contributed by atoms with Crippen LogP contribution in [0.2, 0.25) is 0 Å². The molecule has 1 aromatic heterocycles. The highest BCUT2D eigenvalue weighted by atomic mass is 16.4. The lowest BCUT2D eigenvalue weighted by molar-refractivity contribution is -0.138. The number of hydrogen-bond acceptors (Lipinski definition) is 2. The van der Waals surface area contributed by atoms with Crippen molar-refractivity contribution in [3.05, 3.63) is 65.5 Å². The molecule has 3 nitrogen and oxygen atoms in total. The van der Waals surface area contributed by atoms with Crippen LogP contribution in [-0.4, -0.2) is 16.1 Å². The first-order valence-electron chi connectivity index (χ1n) is 5.85. The third kappa shape index (κ3) is 2.94. The summed E-state index contributed by atoms with van der Waals surface area (Å²) in [6, 6.07) is 11.3. The Morgan fingerprint density at radius 3 is 2.61 bits per heavy atom. The fourth-order valence-corrected chi connectivity index (χ4v) is 2.00. The van der Waals surface area contributed by atoms with E-state index in [9.17, 15) is 9.90 Å². The number of carbonyl (C=O) groups is 1. The van der Waals surface area contributed by atoms with Gasteiger partial charge in [0.05, 0.1) is 5.92 Å². The van der Waals surface area contributed by atoms with E-state index >= 15 is 0 Å².